The zero-order valence-corrected chi connectivity index (χ0v) is 28.1. The van der Waals surface area contributed by atoms with E-state index in [0.29, 0.717) is 25.9 Å². The molecule has 43 heavy (non-hydrogen) atoms. The van der Waals surface area contributed by atoms with Crippen LogP contribution in [0.4, 0.5) is 10.5 Å². The molecule has 2 atom stereocenters. The predicted molar refractivity (Wildman–Crippen MR) is 175 cm³/mol. The van der Waals surface area contributed by atoms with Gasteiger partial charge in [0, 0.05) is 69.4 Å². The standard InChI is InChI=1S/C34H48N4O4Si/c1-24-17-29(13-14-38(24)33(39)42-34(2,3)4)36(5)28-10-12-31-30-11-9-25(18-26(30)22-41-32(31)19-28)27-20-35-37(21-27)23-40-15-16-43(6,7)8/h9-12,18-21,24,29H,13-17,22-23H2,1-8H3/t24-,29-/m1/s1. The van der Waals surface area contributed by atoms with Crippen LogP contribution < -0.4 is 9.64 Å². The minimum absolute atomic E-state index is 0.112. The molecule has 1 fully saturated rings. The van der Waals surface area contributed by atoms with Crippen molar-refractivity contribution in [3.8, 4) is 28.0 Å². The molecule has 1 saturated heterocycles. The molecule has 232 valence electrons. The zero-order chi connectivity index (χ0) is 30.9. The Kier molecular flexibility index (Phi) is 8.95. The topological polar surface area (TPSA) is 69.1 Å². The molecule has 8 nitrogen and oxygen atoms in total. The summed E-state index contributed by atoms with van der Waals surface area (Å²) in [6, 6.07) is 14.7. The van der Waals surface area contributed by atoms with Gasteiger partial charge in [-0.3, -0.25) is 0 Å². The summed E-state index contributed by atoms with van der Waals surface area (Å²) in [6.07, 6.45) is 5.52. The molecule has 0 radical (unpaired) electrons. The number of anilines is 1. The number of likely N-dealkylation sites (tertiary alicyclic amines) is 1. The molecular formula is C34H48N4O4Si. The van der Waals surface area contributed by atoms with Crippen LogP contribution in [-0.2, 0) is 22.8 Å². The SMILES string of the molecule is C[C@@H]1C[C@H](N(C)c2ccc3c(c2)OCc2cc(-c4cnn(COCC[Si](C)(C)C)c4)ccc2-3)CCN1C(=O)OC(C)(C)C. The largest absolute Gasteiger partial charge is 0.488 e. The second kappa shape index (κ2) is 12.4. The maximum atomic E-state index is 12.7. The van der Waals surface area contributed by atoms with E-state index in [0.717, 1.165) is 53.6 Å². The van der Waals surface area contributed by atoms with Gasteiger partial charge in [-0.05, 0) is 81.5 Å². The van der Waals surface area contributed by atoms with Crippen LogP contribution in [0.3, 0.4) is 0 Å². The molecule has 0 unspecified atom stereocenters. The molecule has 0 bridgehead atoms. The van der Waals surface area contributed by atoms with E-state index in [-0.39, 0.29) is 12.1 Å². The molecule has 2 aromatic carbocycles. The maximum Gasteiger partial charge on any atom is 0.410 e. The van der Waals surface area contributed by atoms with Crippen molar-refractivity contribution < 1.29 is 19.0 Å². The molecular weight excluding hydrogens is 556 g/mol. The molecule has 0 spiro atoms. The fourth-order valence-electron chi connectivity index (χ4n) is 5.80. The Labute approximate surface area is 257 Å². The van der Waals surface area contributed by atoms with Crippen molar-refractivity contribution in [2.45, 2.75) is 97.2 Å². The van der Waals surface area contributed by atoms with Crippen LogP contribution in [-0.4, -0.2) is 66.7 Å². The molecule has 0 N–H and O–H groups in total. The van der Waals surface area contributed by atoms with Crippen molar-refractivity contribution in [3.63, 3.8) is 0 Å². The summed E-state index contributed by atoms with van der Waals surface area (Å²) >= 11 is 0. The number of benzene rings is 2. The van der Waals surface area contributed by atoms with Crippen LogP contribution in [0.1, 0.15) is 46.1 Å². The van der Waals surface area contributed by atoms with Gasteiger partial charge in [0.05, 0.1) is 6.20 Å². The third-order valence-electron chi connectivity index (χ3n) is 8.36. The Balaban J connectivity index is 1.23. The summed E-state index contributed by atoms with van der Waals surface area (Å²) in [5, 5.41) is 4.51. The van der Waals surface area contributed by atoms with Crippen molar-refractivity contribution >= 4 is 19.9 Å². The van der Waals surface area contributed by atoms with Gasteiger partial charge in [-0.2, -0.15) is 5.10 Å². The van der Waals surface area contributed by atoms with Crippen LogP contribution in [0.5, 0.6) is 5.75 Å². The number of aromatic nitrogens is 2. The molecule has 9 heteroatoms. The second-order valence-corrected chi connectivity index (χ2v) is 19.9. The Hall–Kier alpha value is -3.30. The van der Waals surface area contributed by atoms with Gasteiger partial charge in [0.25, 0.3) is 0 Å². The lowest BCUT2D eigenvalue weighted by Gasteiger charge is -2.42. The van der Waals surface area contributed by atoms with E-state index in [9.17, 15) is 4.79 Å². The normalized spacial score (nSPS) is 18.5. The third kappa shape index (κ3) is 7.62. The van der Waals surface area contributed by atoms with Crippen LogP contribution in [0.2, 0.25) is 25.7 Å². The lowest BCUT2D eigenvalue weighted by molar-refractivity contribution is 0.0105. The molecule has 1 aromatic heterocycles. The number of hydrogen-bond donors (Lipinski definition) is 0. The Morgan fingerprint density at radius 1 is 1.12 bits per heavy atom. The number of carbonyl (C=O) groups excluding carboxylic acids is 1. The minimum atomic E-state index is -1.10. The summed E-state index contributed by atoms with van der Waals surface area (Å²) < 4.78 is 19.7. The van der Waals surface area contributed by atoms with Gasteiger partial charge in [0.15, 0.2) is 0 Å². The number of amides is 1. The second-order valence-electron chi connectivity index (χ2n) is 14.3. The first-order valence-corrected chi connectivity index (χ1v) is 19.2. The van der Waals surface area contributed by atoms with Gasteiger partial charge in [0.1, 0.15) is 24.7 Å². The highest BCUT2D eigenvalue weighted by Gasteiger charge is 2.33. The Morgan fingerprint density at radius 2 is 1.88 bits per heavy atom. The number of carbonyl (C=O) groups is 1. The van der Waals surface area contributed by atoms with Crippen LogP contribution in [0.15, 0.2) is 48.8 Å². The quantitative estimate of drug-likeness (QED) is 0.194. The summed E-state index contributed by atoms with van der Waals surface area (Å²) in [4.78, 5) is 16.9. The Morgan fingerprint density at radius 3 is 2.60 bits per heavy atom. The lowest BCUT2D eigenvalue weighted by Crippen LogP contribution is -2.51. The van der Waals surface area contributed by atoms with Crippen LogP contribution in [0, 0.1) is 0 Å². The van der Waals surface area contributed by atoms with Crippen LogP contribution >= 0.6 is 0 Å². The van der Waals surface area contributed by atoms with E-state index in [1.54, 1.807) is 0 Å². The molecule has 2 aliphatic heterocycles. The highest BCUT2D eigenvalue weighted by molar-refractivity contribution is 6.76. The van der Waals surface area contributed by atoms with Gasteiger partial charge in [-0.25, -0.2) is 9.48 Å². The maximum absolute atomic E-state index is 12.7. The number of rotatable bonds is 8. The molecule has 0 aliphatic carbocycles. The summed E-state index contributed by atoms with van der Waals surface area (Å²) in [5.74, 6) is 0.909. The highest BCUT2D eigenvalue weighted by Crippen LogP contribution is 2.41. The average Bonchev–Trinajstić information content (AvgIpc) is 3.41. The number of ether oxygens (including phenoxy) is 3. The van der Waals surface area contributed by atoms with E-state index < -0.39 is 13.7 Å². The van der Waals surface area contributed by atoms with Gasteiger partial charge >= 0.3 is 6.09 Å². The summed E-state index contributed by atoms with van der Waals surface area (Å²) in [7, 11) is 1.04. The molecule has 2 aliphatic rings. The van der Waals surface area contributed by atoms with Crippen molar-refractivity contribution in [3.05, 3.63) is 54.4 Å². The number of fused-ring (bicyclic) bond motifs is 3. The van der Waals surface area contributed by atoms with E-state index in [4.69, 9.17) is 14.2 Å². The smallest absolute Gasteiger partial charge is 0.410 e. The molecule has 5 rings (SSSR count). The number of hydrogen-bond acceptors (Lipinski definition) is 6. The molecule has 1 amide bonds. The van der Waals surface area contributed by atoms with Gasteiger partial charge in [0.2, 0.25) is 0 Å². The van der Waals surface area contributed by atoms with Crippen molar-refractivity contribution in [1.29, 1.82) is 0 Å². The Bertz CT molecular complexity index is 1440. The highest BCUT2D eigenvalue weighted by atomic mass is 28.3. The van der Waals surface area contributed by atoms with E-state index >= 15 is 0 Å². The first-order chi connectivity index (χ1) is 20.3. The van der Waals surface area contributed by atoms with Gasteiger partial charge in [-0.1, -0.05) is 31.8 Å². The number of nitrogens with zero attached hydrogens (tertiary/aromatic N) is 4. The van der Waals surface area contributed by atoms with Gasteiger partial charge < -0.3 is 24.0 Å². The first kappa shape index (κ1) is 31.1. The average molecular weight is 605 g/mol. The molecule has 0 saturated carbocycles. The first-order valence-electron chi connectivity index (χ1n) is 15.5. The monoisotopic (exact) mass is 604 g/mol. The molecule has 3 aromatic rings. The minimum Gasteiger partial charge on any atom is -0.488 e. The fraction of sp³-hybridized carbons (Fsp3) is 0.529. The fourth-order valence-corrected chi connectivity index (χ4v) is 6.56. The van der Waals surface area contributed by atoms with Crippen LogP contribution in [0.25, 0.3) is 22.3 Å². The van der Waals surface area contributed by atoms with Crippen molar-refractivity contribution in [2.24, 2.45) is 0 Å². The summed E-state index contributed by atoms with van der Waals surface area (Å²) in [5.41, 5.74) is 6.34. The van der Waals surface area contributed by atoms with E-state index in [1.165, 1.54) is 11.1 Å². The lowest BCUT2D eigenvalue weighted by atomic mass is 9.93. The summed E-state index contributed by atoms with van der Waals surface area (Å²) in [6.45, 7) is 17.4. The van der Waals surface area contributed by atoms with Crippen molar-refractivity contribution in [2.75, 3.05) is 25.1 Å². The zero-order valence-electron chi connectivity index (χ0n) is 27.1. The number of piperidine rings is 1. The van der Waals surface area contributed by atoms with Gasteiger partial charge in [-0.15, -0.1) is 0 Å². The van der Waals surface area contributed by atoms with Crippen molar-refractivity contribution in [1.82, 2.24) is 14.7 Å². The third-order valence-corrected chi connectivity index (χ3v) is 10.1. The molecule has 3 heterocycles. The predicted octanol–water partition coefficient (Wildman–Crippen LogP) is 7.65. The van der Waals surface area contributed by atoms with E-state index in [1.807, 2.05) is 36.5 Å². The van der Waals surface area contributed by atoms with E-state index in [2.05, 4.69) is 86.2 Å².